The highest BCUT2D eigenvalue weighted by Crippen LogP contribution is 2.24. The van der Waals surface area contributed by atoms with Crippen molar-refractivity contribution in [3.8, 4) is 5.75 Å². The Balaban J connectivity index is 1.94. The van der Waals surface area contributed by atoms with Crippen LogP contribution in [0.2, 0.25) is 0 Å². The first-order chi connectivity index (χ1) is 13.7. The minimum absolute atomic E-state index is 0.259. The lowest BCUT2D eigenvalue weighted by Gasteiger charge is -2.17. The van der Waals surface area contributed by atoms with Crippen molar-refractivity contribution in [1.82, 2.24) is 0 Å². The molecule has 0 fully saturated rings. The Bertz CT molecular complexity index is 840. The molecule has 2 rings (SSSR count). The van der Waals surface area contributed by atoms with Gasteiger partial charge >= 0.3 is 5.97 Å². The molecular formula is C24H31NO4. The maximum absolute atomic E-state index is 12.4. The van der Waals surface area contributed by atoms with E-state index in [1.54, 1.807) is 31.2 Å². The van der Waals surface area contributed by atoms with Gasteiger partial charge in [0.05, 0.1) is 12.2 Å². The molecule has 1 unspecified atom stereocenters. The molecule has 156 valence electrons. The first kappa shape index (κ1) is 22.5. The van der Waals surface area contributed by atoms with Crippen LogP contribution in [0.1, 0.15) is 62.0 Å². The number of anilines is 1. The second-order valence-corrected chi connectivity index (χ2v) is 7.99. The van der Waals surface area contributed by atoms with Crippen LogP contribution in [0.15, 0.2) is 42.5 Å². The predicted molar refractivity (Wildman–Crippen MR) is 116 cm³/mol. The van der Waals surface area contributed by atoms with E-state index in [1.165, 1.54) is 5.56 Å². The largest absolute Gasteiger partial charge is 0.481 e. The standard InChI is InChI=1S/C24H31NO4/c1-15(2)14-28-24(27)19-7-9-20(10-8-19)25-23(26)18(6)29-21-11-12-22(16(3)4)17(5)13-21/h7-13,15-16,18H,14H2,1-6H3,(H,25,26). The molecule has 0 saturated carbocycles. The second kappa shape index (κ2) is 10.1. The molecule has 1 amide bonds. The molecule has 5 nitrogen and oxygen atoms in total. The normalized spacial score (nSPS) is 12.0. The number of hydrogen-bond acceptors (Lipinski definition) is 4. The van der Waals surface area contributed by atoms with Gasteiger partial charge in [-0.05, 0) is 73.2 Å². The molecule has 2 aromatic carbocycles. The van der Waals surface area contributed by atoms with Crippen molar-refractivity contribution in [2.45, 2.75) is 53.6 Å². The van der Waals surface area contributed by atoms with E-state index in [9.17, 15) is 9.59 Å². The highest BCUT2D eigenvalue weighted by atomic mass is 16.5. The first-order valence-electron chi connectivity index (χ1n) is 10.0. The van der Waals surface area contributed by atoms with Crippen LogP contribution in [0.4, 0.5) is 5.69 Å². The molecule has 0 aliphatic rings. The Kier molecular flexibility index (Phi) is 7.82. The summed E-state index contributed by atoms with van der Waals surface area (Å²) >= 11 is 0. The summed E-state index contributed by atoms with van der Waals surface area (Å²) in [5, 5.41) is 2.81. The fraction of sp³-hybridized carbons (Fsp3) is 0.417. The fourth-order valence-corrected chi connectivity index (χ4v) is 2.89. The molecule has 5 heteroatoms. The van der Waals surface area contributed by atoms with Crippen LogP contribution in [-0.4, -0.2) is 24.6 Å². The molecule has 0 spiro atoms. The quantitative estimate of drug-likeness (QED) is 0.611. The average molecular weight is 398 g/mol. The Labute approximate surface area is 173 Å². The number of nitrogens with one attached hydrogen (secondary N) is 1. The molecule has 29 heavy (non-hydrogen) atoms. The van der Waals surface area contributed by atoms with Crippen molar-refractivity contribution in [3.05, 3.63) is 59.2 Å². The van der Waals surface area contributed by atoms with Crippen LogP contribution in [0, 0.1) is 12.8 Å². The number of ether oxygens (including phenoxy) is 2. The molecule has 0 radical (unpaired) electrons. The zero-order valence-corrected chi connectivity index (χ0v) is 18.1. The fourth-order valence-electron chi connectivity index (χ4n) is 2.89. The molecule has 0 bridgehead atoms. The summed E-state index contributed by atoms with van der Waals surface area (Å²) in [5.41, 5.74) is 3.46. The van der Waals surface area contributed by atoms with Gasteiger partial charge in [-0.15, -0.1) is 0 Å². The van der Waals surface area contributed by atoms with Crippen LogP contribution in [0.25, 0.3) is 0 Å². The Morgan fingerprint density at radius 1 is 0.966 bits per heavy atom. The third-order valence-electron chi connectivity index (χ3n) is 4.48. The van der Waals surface area contributed by atoms with Crippen LogP contribution in [0.3, 0.4) is 0 Å². The lowest BCUT2D eigenvalue weighted by Crippen LogP contribution is -2.30. The highest BCUT2D eigenvalue weighted by molar-refractivity contribution is 5.95. The minimum Gasteiger partial charge on any atom is -0.481 e. The topological polar surface area (TPSA) is 64.6 Å². The Morgan fingerprint density at radius 3 is 2.17 bits per heavy atom. The van der Waals surface area contributed by atoms with E-state index in [2.05, 4.69) is 19.2 Å². The van der Waals surface area contributed by atoms with Crippen molar-refractivity contribution < 1.29 is 19.1 Å². The number of hydrogen-bond donors (Lipinski definition) is 1. The average Bonchev–Trinajstić information content (AvgIpc) is 2.66. The van der Waals surface area contributed by atoms with Crippen LogP contribution < -0.4 is 10.1 Å². The molecule has 0 saturated heterocycles. The number of carbonyl (C=O) groups excluding carboxylic acids is 2. The predicted octanol–water partition coefficient (Wildman–Crippen LogP) is 5.34. The monoisotopic (exact) mass is 397 g/mol. The van der Waals surface area contributed by atoms with Gasteiger partial charge in [0.25, 0.3) is 5.91 Å². The van der Waals surface area contributed by atoms with Crippen molar-refractivity contribution in [2.24, 2.45) is 5.92 Å². The number of aryl methyl sites for hydroxylation is 1. The maximum Gasteiger partial charge on any atom is 0.338 e. The number of carbonyl (C=O) groups is 2. The van der Waals surface area contributed by atoms with E-state index >= 15 is 0 Å². The van der Waals surface area contributed by atoms with Gasteiger partial charge in [-0.1, -0.05) is 33.8 Å². The first-order valence-corrected chi connectivity index (χ1v) is 10.0. The van der Waals surface area contributed by atoms with E-state index in [-0.39, 0.29) is 17.8 Å². The summed E-state index contributed by atoms with van der Waals surface area (Å²) in [4.78, 5) is 24.4. The lowest BCUT2D eigenvalue weighted by molar-refractivity contribution is -0.122. The number of amides is 1. The van der Waals surface area contributed by atoms with Crippen molar-refractivity contribution >= 4 is 17.6 Å². The Hall–Kier alpha value is -2.82. The third kappa shape index (κ3) is 6.63. The smallest absolute Gasteiger partial charge is 0.338 e. The van der Waals surface area contributed by atoms with Gasteiger partial charge in [0, 0.05) is 5.69 Å². The summed E-state index contributed by atoms with van der Waals surface area (Å²) in [6.45, 7) is 12.4. The van der Waals surface area contributed by atoms with Gasteiger partial charge < -0.3 is 14.8 Å². The van der Waals surface area contributed by atoms with Gasteiger partial charge in [-0.25, -0.2) is 4.79 Å². The van der Waals surface area contributed by atoms with Crippen molar-refractivity contribution in [2.75, 3.05) is 11.9 Å². The molecule has 1 N–H and O–H groups in total. The van der Waals surface area contributed by atoms with Crippen molar-refractivity contribution in [1.29, 1.82) is 0 Å². The summed E-state index contributed by atoms with van der Waals surface area (Å²) in [7, 11) is 0. The Morgan fingerprint density at radius 2 is 1.62 bits per heavy atom. The molecule has 2 aromatic rings. The maximum atomic E-state index is 12.4. The molecular weight excluding hydrogens is 366 g/mol. The summed E-state index contributed by atoms with van der Waals surface area (Å²) in [6.07, 6.45) is -0.657. The summed E-state index contributed by atoms with van der Waals surface area (Å²) in [6, 6.07) is 12.5. The SMILES string of the molecule is Cc1cc(OC(C)C(=O)Nc2ccc(C(=O)OCC(C)C)cc2)ccc1C(C)C. The molecule has 0 aromatic heterocycles. The van der Waals surface area contributed by atoms with Gasteiger partial charge in [0.1, 0.15) is 5.75 Å². The minimum atomic E-state index is -0.657. The highest BCUT2D eigenvalue weighted by Gasteiger charge is 2.16. The zero-order valence-electron chi connectivity index (χ0n) is 18.1. The van der Waals surface area contributed by atoms with Crippen LogP contribution in [0.5, 0.6) is 5.75 Å². The summed E-state index contributed by atoms with van der Waals surface area (Å²) in [5.74, 6) is 0.761. The molecule has 0 aliphatic heterocycles. The number of esters is 1. The molecule has 0 heterocycles. The summed E-state index contributed by atoms with van der Waals surface area (Å²) < 4.78 is 11.0. The molecule has 0 aliphatic carbocycles. The van der Waals surface area contributed by atoms with E-state index in [1.807, 2.05) is 39.0 Å². The number of rotatable bonds is 8. The van der Waals surface area contributed by atoms with E-state index in [0.29, 0.717) is 29.5 Å². The number of benzene rings is 2. The van der Waals surface area contributed by atoms with Gasteiger partial charge in [0.15, 0.2) is 6.10 Å². The van der Waals surface area contributed by atoms with E-state index in [0.717, 1.165) is 5.56 Å². The van der Waals surface area contributed by atoms with E-state index in [4.69, 9.17) is 9.47 Å². The third-order valence-corrected chi connectivity index (χ3v) is 4.48. The second-order valence-electron chi connectivity index (χ2n) is 7.99. The lowest BCUT2D eigenvalue weighted by atomic mass is 9.98. The van der Waals surface area contributed by atoms with Gasteiger partial charge in [-0.2, -0.15) is 0 Å². The van der Waals surface area contributed by atoms with Gasteiger partial charge in [-0.3, -0.25) is 4.79 Å². The zero-order chi connectivity index (χ0) is 21.6. The molecule has 1 atom stereocenters. The van der Waals surface area contributed by atoms with Crippen LogP contribution in [-0.2, 0) is 9.53 Å². The van der Waals surface area contributed by atoms with Crippen molar-refractivity contribution in [3.63, 3.8) is 0 Å². The van der Waals surface area contributed by atoms with Crippen LogP contribution >= 0.6 is 0 Å². The van der Waals surface area contributed by atoms with Gasteiger partial charge in [0.2, 0.25) is 0 Å². The van der Waals surface area contributed by atoms with E-state index < -0.39 is 6.10 Å².